The zero-order valence-corrected chi connectivity index (χ0v) is 8.14. The Kier molecular flexibility index (Phi) is 3.92. The molecule has 1 aromatic rings. The minimum absolute atomic E-state index is 0.0832. The molecular weight excluding hydrogens is 166 g/mol. The Balaban J connectivity index is 2.40. The molecule has 0 aliphatic heterocycles. The number of nitrogens with zero attached hydrogens (tertiary/aromatic N) is 2. The smallest absolute Gasteiger partial charge is 0.0602 e. The van der Waals surface area contributed by atoms with Crippen molar-refractivity contribution in [3.05, 3.63) is 18.5 Å². The first kappa shape index (κ1) is 10.2. The van der Waals surface area contributed by atoms with Gasteiger partial charge in [-0.05, 0) is 6.07 Å². The second kappa shape index (κ2) is 4.99. The molecule has 0 aliphatic rings. The molecule has 4 heteroatoms. The van der Waals surface area contributed by atoms with E-state index in [1.54, 1.807) is 6.20 Å². The first-order valence-corrected chi connectivity index (χ1v) is 4.56. The predicted molar refractivity (Wildman–Crippen MR) is 51.4 cm³/mol. The molecule has 0 amide bonds. The summed E-state index contributed by atoms with van der Waals surface area (Å²) in [6.07, 6.45) is 3.63. The lowest BCUT2D eigenvalue weighted by atomic mass is 10.2. The van der Waals surface area contributed by atoms with Gasteiger partial charge in [-0.25, -0.2) is 0 Å². The van der Waals surface area contributed by atoms with Gasteiger partial charge in [0.2, 0.25) is 0 Å². The third-order valence-electron chi connectivity index (χ3n) is 1.76. The summed E-state index contributed by atoms with van der Waals surface area (Å²) < 4.78 is 1.82. The van der Waals surface area contributed by atoms with Crippen molar-refractivity contribution < 1.29 is 5.11 Å². The van der Waals surface area contributed by atoms with Crippen LogP contribution in [0, 0.1) is 0 Å². The topological polar surface area (TPSA) is 50.1 Å². The lowest BCUT2D eigenvalue weighted by Crippen LogP contribution is -2.40. The van der Waals surface area contributed by atoms with Crippen LogP contribution in [0.5, 0.6) is 0 Å². The van der Waals surface area contributed by atoms with Crippen molar-refractivity contribution in [1.82, 2.24) is 15.1 Å². The van der Waals surface area contributed by atoms with Gasteiger partial charge in [-0.2, -0.15) is 5.10 Å². The minimum Gasteiger partial charge on any atom is -0.395 e. The first-order chi connectivity index (χ1) is 6.22. The molecule has 0 radical (unpaired) electrons. The average Bonchev–Trinajstić information content (AvgIpc) is 2.55. The van der Waals surface area contributed by atoms with Crippen LogP contribution in [0.15, 0.2) is 18.5 Å². The van der Waals surface area contributed by atoms with Crippen LogP contribution in [-0.4, -0.2) is 33.6 Å². The summed E-state index contributed by atoms with van der Waals surface area (Å²) in [5.74, 6) is 0. The zero-order valence-electron chi connectivity index (χ0n) is 8.14. The Bertz CT molecular complexity index is 221. The molecular formula is C9H17N3O. The maximum Gasteiger partial charge on any atom is 0.0602 e. The monoisotopic (exact) mass is 183 g/mol. The quantitative estimate of drug-likeness (QED) is 0.687. The Hall–Kier alpha value is -0.870. The zero-order chi connectivity index (χ0) is 9.68. The number of hydrogen-bond donors (Lipinski definition) is 2. The maximum absolute atomic E-state index is 9.07. The van der Waals surface area contributed by atoms with E-state index in [2.05, 4.69) is 24.3 Å². The number of aliphatic hydroxyl groups excluding tert-OH is 1. The van der Waals surface area contributed by atoms with Crippen molar-refractivity contribution in [2.75, 3.05) is 6.61 Å². The third kappa shape index (κ3) is 3.57. The highest BCUT2D eigenvalue weighted by Crippen LogP contribution is 1.92. The molecule has 4 nitrogen and oxygen atoms in total. The molecule has 2 N–H and O–H groups in total. The first-order valence-electron chi connectivity index (χ1n) is 4.56. The van der Waals surface area contributed by atoms with Gasteiger partial charge < -0.3 is 10.4 Å². The fraction of sp³-hybridized carbons (Fsp3) is 0.667. The van der Waals surface area contributed by atoms with Crippen LogP contribution in [0.2, 0.25) is 0 Å². The Labute approximate surface area is 78.6 Å². The molecule has 0 fully saturated rings. The van der Waals surface area contributed by atoms with E-state index in [0.29, 0.717) is 12.6 Å². The second-order valence-electron chi connectivity index (χ2n) is 3.43. The molecule has 0 spiro atoms. The number of aliphatic hydroxyl groups is 1. The normalized spacial score (nSPS) is 13.5. The van der Waals surface area contributed by atoms with Crippen molar-refractivity contribution in [3.8, 4) is 0 Å². The van der Waals surface area contributed by atoms with E-state index >= 15 is 0 Å². The molecule has 1 unspecified atom stereocenters. The highest BCUT2D eigenvalue weighted by atomic mass is 16.3. The molecule has 74 valence electrons. The van der Waals surface area contributed by atoms with Gasteiger partial charge in [-0.15, -0.1) is 0 Å². The van der Waals surface area contributed by atoms with E-state index in [1.165, 1.54) is 0 Å². The third-order valence-corrected chi connectivity index (χ3v) is 1.76. The highest BCUT2D eigenvalue weighted by Gasteiger charge is 2.08. The van der Waals surface area contributed by atoms with Gasteiger partial charge in [0.15, 0.2) is 0 Å². The lowest BCUT2D eigenvalue weighted by Gasteiger charge is -2.18. The Morgan fingerprint density at radius 1 is 1.54 bits per heavy atom. The summed E-state index contributed by atoms with van der Waals surface area (Å²) in [7, 11) is 0. The van der Waals surface area contributed by atoms with Gasteiger partial charge in [-0.3, -0.25) is 4.68 Å². The SMILES string of the molecule is CC(C)NC(CO)Cn1cccn1. The van der Waals surface area contributed by atoms with Crippen molar-refractivity contribution in [2.45, 2.75) is 32.5 Å². The molecule has 0 aliphatic carbocycles. The van der Waals surface area contributed by atoms with E-state index in [4.69, 9.17) is 5.11 Å². The number of aromatic nitrogens is 2. The summed E-state index contributed by atoms with van der Waals surface area (Å²) in [5.41, 5.74) is 0. The van der Waals surface area contributed by atoms with Gasteiger partial charge in [0, 0.05) is 24.5 Å². The van der Waals surface area contributed by atoms with Gasteiger partial charge in [-0.1, -0.05) is 13.8 Å². The average molecular weight is 183 g/mol. The second-order valence-corrected chi connectivity index (χ2v) is 3.43. The Morgan fingerprint density at radius 2 is 2.31 bits per heavy atom. The summed E-state index contributed by atoms with van der Waals surface area (Å²) >= 11 is 0. The number of hydrogen-bond acceptors (Lipinski definition) is 3. The van der Waals surface area contributed by atoms with E-state index in [1.807, 2.05) is 16.9 Å². The summed E-state index contributed by atoms with van der Waals surface area (Å²) in [4.78, 5) is 0. The molecule has 0 aromatic carbocycles. The number of nitrogens with one attached hydrogen (secondary N) is 1. The molecule has 1 heterocycles. The molecule has 0 saturated carbocycles. The van der Waals surface area contributed by atoms with Crippen LogP contribution in [0.1, 0.15) is 13.8 Å². The van der Waals surface area contributed by atoms with Crippen LogP contribution >= 0.6 is 0 Å². The lowest BCUT2D eigenvalue weighted by molar-refractivity contribution is 0.218. The highest BCUT2D eigenvalue weighted by molar-refractivity contribution is 4.80. The summed E-state index contributed by atoms with van der Waals surface area (Å²) in [6, 6.07) is 2.34. The fourth-order valence-corrected chi connectivity index (χ4v) is 1.27. The minimum atomic E-state index is 0.0832. The van der Waals surface area contributed by atoms with Crippen molar-refractivity contribution in [3.63, 3.8) is 0 Å². The van der Waals surface area contributed by atoms with Crippen LogP contribution in [-0.2, 0) is 6.54 Å². The molecule has 1 atom stereocenters. The van der Waals surface area contributed by atoms with Gasteiger partial charge >= 0.3 is 0 Å². The van der Waals surface area contributed by atoms with Gasteiger partial charge in [0.25, 0.3) is 0 Å². The van der Waals surface area contributed by atoms with Crippen molar-refractivity contribution in [1.29, 1.82) is 0 Å². The molecule has 0 bridgehead atoms. The van der Waals surface area contributed by atoms with Crippen molar-refractivity contribution >= 4 is 0 Å². The largest absolute Gasteiger partial charge is 0.395 e. The molecule has 13 heavy (non-hydrogen) atoms. The standard InChI is InChI=1S/C9H17N3O/c1-8(2)11-9(7-13)6-12-5-3-4-10-12/h3-5,8-9,11,13H,6-7H2,1-2H3. The van der Waals surface area contributed by atoms with E-state index in [9.17, 15) is 0 Å². The molecule has 1 aromatic heterocycles. The predicted octanol–water partition coefficient (Wildman–Crippen LogP) is 0.242. The van der Waals surface area contributed by atoms with Crippen LogP contribution in [0.3, 0.4) is 0 Å². The van der Waals surface area contributed by atoms with Crippen LogP contribution in [0.4, 0.5) is 0 Å². The van der Waals surface area contributed by atoms with E-state index in [-0.39, 0.29) is 12.6 Å². The van der Waals surface area contributed by atoms with Crippen LogP contribution in [0.25, 0.3) is 0 Å². The summed E-state index contributed by atoms with van der Waals surface area (Å²) in [6.45, 7) is 4.97. The van der Waals surface area contributed by atoms with E-state index < -0.39 is 0 Å². The Morgan fingerprint density at radius 3 is 2.77 bits per heavy atom. The van der Waals surface area contributed by atoms with Gasteiger partial charge in [0.05, 0.1) is 13.2 Å². The molecule has 0 saturated heterocycles. The van der Waals surface area contributed by atoms with E-state index in [0.717, 1.165) is 0 Å². The summed E-state index contributed by atoms with van der Waals surface area (Å²) in [5, 5.41) is 16.4. The molecule has 1 rings (SSSR count). The number of rotatable bonds is 5. The maximum atomic E-state index is 9.07. The van der Waals surface area contributed by atoms with Crippen molar-refractivity contribution in [2.24, 2.45) is 0 Å². The van der Waals surface area contributed by atoms with Crippen LogP contribution < -0.4 is 5.32 Å². The fourth-order valence-electron chi connectivity index (χ4n) is 1.27. The van der Waals surface area contributed by atoms with Gasteiger partial charge in [0.1, 0.15) is 0 Å².